The summed E-state index contributed by atoms with van der Waals surface area (Å²) in [7, 11) is 1.12. The molecular formula is C20H24F9NO. The summed E-state index contributed by atoms with van der Waals surface area (Å²) in [6.07, 6.45) is -13.4. The molecule has 1 atom stereocenters. The van der Waals surface area contributed by atoms with Gasteiger partial charge >= 0.3 is 18.5 Å². The van der Waals surface area contributed by atoms with Crippen molar-refractivity contribution in [3.8, 4) is 0 Å². The molecule has 0 aromatic heterocycles. The van der Waals surface area contributed by atoms with Crippen LogP contribution in [0.3, 0.4) is 0 Å². The molecule has 0 N–H and O–H groups in total. The second-order valence-electron chi connectivity index (χ2n) is 7.92. The summed E-state index contributed by atoms with van der Waals surface area (Å²) in [4.78, 5) is 5.14. The number of hydrogen-bond donors (Lipinski definition) is 0. The van der Waals surface area contributed by atoms with E-state index in [1.54, 1.807) is 0 Å². The number of likely N-dealkylation sites (N-methyl/N-ethyl adjacent to an activating group) is 1. The van der Waals surface area contributed by atoms with Crippen molar-refractivity contribution in [2.24, 2.45) is 0 Å². The first-order valence-corrected chi connectivity index (χ1v) is 9.12. The van der Waals surface area contributed by atoms with Crippen molar-refractivity contribution in [2.45, 2.75) is 70.2 Å². The maximum Gasteiger partial charge on any atom is 0.423 e. The Balaban J connectivity index is 3.27. The van der Waals surface area contributed by atoms with Crippen molar-refractivity contribution < 1.29 is 44.4 Å². The fourth-order valence-corrected chi connectivity index (χ4v) is 2.61. The number of benzene rings is 1. The molecule has 1 rings (SSSR count). The predicted octanol–water partition coefficient (Wildman–Crippen LogP) is 7.33. The van der Waals surface area contributed by atoms with Crippen LogP contribution in [0.15, 0.2) is 30.4 Å². The Morgan fingerprint density at radius 3 is 1.84 bits per heavy atom. The van der Waals surface area contributed by atoms with Gasteiger partial charge in [-0.1, -0.05) is 23.8 Å². The molecule has 1 aromatic rings. The first kappa shape index (κ1) is 27.3. The molecule has 1 aromatic carbocycles. The minimum atomic E-state index is -5.10. The fraction of sp³-hybridized carbons (Fsp3) is 0.600. The van der Waals surface area contributed by atoms with Gasteiger partial charge in [0.05, 0.1) is 11.1 Å². The second-order valence-corrected chi connectivity index (χ2v) is 7.92. The number of halogens is 9. The molecule has 0 saturated heterocycles. The van der Waals surface area contributed by atoms with E-state index < -0.39 is 47.2 Å². The van der Waals surface area contributed by atoms with Gasteiger partial charge in [0.2, 0.25) is 5.60 Å². The normalized spacial score (nSPS) is 16.2. The van der Waals surface area contributed by atoms with E-state index >= 15 is 0 Å². The quantitative estimate of drug-likeness (QED) is 0.238. The van der Waals surface area contributed by atoms with E-state index in [1.807, 2.05) is 0 Å². The number of allylic oxidation sites excluding steroid dienone is 1. The lowest BCUT2D eigenvalue weighted by molar-refractivity contribution is -0.361. The molecule has 178 valence electrons. The lowest BCUT2D eigenvalue weighted by Crippen LogP contribution is -2.51. The topological polar surface area (TPSA) is 12.5 Å². The van der Waals surface area contributed by atoms with E-state index in [2.05, 4.69) is 0 Å². The molecule has 0 aliphatic rings. The zero-order chi connectivity index (χ0) is 24.5. The summed E-state index contributed by atoms with van der Waals surface area (Å²) in [5.74, 6) is 0. The standard InChI is InChI=1S/C20H24F9NO/c1-13-10-14(12-15(11-13)19(24,25)26)17(4,20(27,28)29)31-30(5)16(2,3)8-6-7-9-18(21,22)23/h6,8,10-12H,7,9H2,1-5H3/b8-6-. The lowest BCUT2D eigenvalue weighted by Gasteiger charge is -2.41. The first-order valence-electron chi connectivity index (χ1n) is 9.12. The minimum Gasteiger partial charge on any atom is -0.278 e. The zero-order valence-electron chi connectivity index (χ0n) is 17.6. The smallest absolute Gasteiger partial charge is 0.278 e. The number of aryl methyl sites for hydroxylation is 1. The molecule has 2 nitrogen and oxygen atoms in total. The molecule has 0 aliphatic carbocycles. The molecule has 0 heterocycles. The lowest BCUT2D eigenvalue weighted by atomic mass is 9.91. The van der Waals surface area contributed by atoms with Crippen LogP contribution in [-0.4, -0.2) is 30.0 Å². The molecule has 1 unspecified atom stereocenters. The SMILES string of the molecule is Cc1cc(C(F)(F)F)cc(C(C)(ON(C)C(C)(C)/C=C\CCC(F)(F)F)C(F)(F)F)c1. The Kier molecular flexibility index (Phi) is 7.93. The van der Waals surface area contributed by atoms with Crippen molar-refractivity contribution in [1.29, 1.82) is 0 Å². The van der Waals surface area contributed by atoms with Gasteiger partial charge in [0.15, 0.2) is 0 Å². The highest BCUT2D eigenvalue weighted by molar-refractivity contribution is 5.35. The van der Waals surface area contributed by atoms with Crippen LogP contribution in [0.2, 0.25) is 0 Å². The van der Waals surface area contributed by atoms with E-state index in [1.165, 1.54) is 26.8 Å². The maximum absolute atomic E-state index is 14.0. The van der Waals surface area contributed by atoms with Gasteiger partial charge in [-0.2, -0.15) is 44.6 Å². The molecule has 0 radical (unpaired) electrons. The van der Waals surface area contributed by atoms with Gasteiger partial charge in [0, 0.05) is 13.5 Å². The van der Waals surface area contributed by atoms with Crippen LogP contribution in [0.4, 0.5) is 39.5 Å². The van der Waals surface area contributed by atoms with Gasteiger partial charge < -0.3 is 0 Å². The minimum absolute atomic E-state index is 0.0436. The zero-order valence-corrected chi connectivity index (χ0v) is 17.6. The highest BCUT2D eigenvalue weighted by atomic mass is 19.4. The Morgan fingerprint density at radius 1 is 0.871 bits per heavy atom. The Hall–Kier alpha value is -1.75. The number of rotatable bonds is 7. The Morgan fingerprint density at radius 2 is 1.39 bits per heavy atom. The average molecular weight is 465 g/mol. The van der Waals surface area contributed by atoms with Crippen LogP contribution in [-0.2, 0) is 16.6 Å². The number of alkyl halides is 9. The third-order valence-electron chi connectivity index (χ3n) is 4.75. The molecule has 11 heteroatoms. The van der Waals surface area contributed by atoms with Crippen molar-refractivity contribution in [3.63, 3.8) is 0 Å². The first-order chi connectivity index (χ1) is 13.7. The Bertz CT molecular complexity index is 778. The van der Waals surface area contributed by atoms with Crippen LogP contribution in [0.25, 0.3) is 0 Å². The highest BCUT2D eigenvalue weighted by Crippen LogP contribution is 2.45. The van der Waals surface area contributed by atoms with Crippen LogP contribution in [0.1, 0.15) is 50.3 Å². The van der Waals surface area contributed by atoms with Gasteiger partial charge in [-0.25, -0.2) is 0 Å². The van der Waals surface area contributed by atoms with Gasteiger partial charge in [-0.3, -0.25) is 4.84 Å². The third-order valence-corrected chi connectivity index (χ3v) is 4.75. The largest absolute Gasteiger partial charge is 0.423 e. The van der Waals surface area contributed by atoms with Crippen LogP contribution < -0.4 is 0 Å². The van der Waals surface area contributed by atoms with E-state index in [0.717, 1.165) is 30.3 Å². The van der Waals surface area contributed by atoms with E-state index in [9.17, 15) is 39.5 Å². The second kappa shape index (κ2) is 9.01. The average Bonchev–Trinajstić information content (AvgIpc) is 2.55. The summed E-state index contributed by atoms with van der Waals surface area (Å²) in [5.41, 5.74) is -6.50. The van der Waals surface area contributed by atoms with Crippen LogP contribution >= 0.6 is 0 Å². The van der Waals surface area contributed by atoms with E-state index in [4.69, 9.17) is 4.84 Å². The summed E-state index contributed by atoms with van der Waals surface area (Å²) in [6, 6.07) is 2.04. The van der Waals surface area contributed by atoms with Gasteiger partial charge in [0.25, 0.3) is 0 Å². The van der Waals surface area contributed by atoms with Crippen molar-refractivity contribution in [3.05, 3.63) is 47.0 Å². The van der Waals surface area contributed by atoms with E-state index in [-0.39, 0.29) is 12.0 Å². The van der Waals surface area contributed by atoms with Crippen LogP contribution in [0.5, 0.6) is 0 Å². The van der Waals surface area contributed by atoms with Crippen molar-refractivity contribution in [1.82, 2.24) is 5.06 Å². The van der Waals surface area contributed by atoms with E-state index in [0.29, 0.717) is 13.0 Å². The van der Waals surface area contributed by atoms with Crippen LogP contribution in [0, 0.1) is 6.92 Å². The molecule has 0 fully saturated rings. The molecule has 0 aliphatic heterocycles. The van der Waals surface area contributed by atoms with Crippen molar-refractivity contribution >= 4 is 0 Å². The molecule has 0 spiro atoms. The number of nitrogens with zero attached hydrogens (tertiary/aromatic N) is 1. The molecule has 0 saturated carbocycles. The number of hydroxylamine groups is 2. The molecular weight excluding hydrogens is 441 g/mol. The summed E-state index contributed by atoms with van der Waals surface area (Å²) in [6.45, 7) is 4.62. The number of hydrogen-bond acceptors (Lipinski definition) is 2. The highest BCUT2D eigenvalue weighted by Gasteiger charge is 2.56. The third kappa shape index (κ3) is 7.41. The maximum atomic E-state index is 14.0. The van der Waals surface area contributed by atoms with Gasteiger partial charge in [-0.15, -0.1) is 0 Å². The summed E-state index contributed by atoms with van der Waals surface area (Å²) < 4.78 is 118. The fourth-order valence-electron chi connectivity index (χ4n) is 2.61. The molecule has 0 bridgehead atoms. The molecule has 0 amide bonds. The summed E-state index contributed by atoms with van der Waals surface area (Å²) in [5, 5.41) is 0.764. The van der Waals surface area contributed by atoms with Gasteiger partial charge in [0.1, 0.15) is 0 Å². The monoisotopic (exact) mass is 465 g/mol. The Labute approximate surface area is 174 Å². The molecule has 31 heavy (non-hydrogen) atoms. The van der Waals surface area contributed by atoms with Gasteiger partial charge in [-0.05, 0) is 51.8 Å². The van der Waals surface area contributed by atoms with Crippen molar-refractivity contribution in [2.75, 3.05) is 7.05 Å². The summed E-state index contributed by atoms with van der Waals surface area (Å²) >= 11 is 0. The predicted molar refractivity (Wildman–Crippen MR) is 96.9 cm³/mol.